The zero-order chi connectivity index (χ0) is 15.6. The lowest BCUT2D eigenvalue weighted by Crippen LogP contribution is -2.48. The van der Waals surface area contributed by atoms with Crippen LogP contribution in [0.2, 0.25) is 0 Å². The number of carboxylic acids is 1. The van der Waals surface area contributed by atoms with Gasteiger partial charge >= 0.3 is 12.0 Å². The summed E-state index contributed by atoms with van der Waals surface area (Å²) in [5.74, 6) is -0.575. The number of amides is 2. The van der Waals surface area contributed by atoms with Gasteiger partial charge in [0, 0.05) is 12.6 Å². The van der Waals surface area contributed by atoms with Gasteiger partial charge in [0.1, 0.15) is 0 Å². The van der Waals surface area contributed by atoms with Crippen molar-refractivity contribution in [2.45, 2.75) is 39.7 Å². The monoisotopic (exact) mass is 290 g/mol. The van der Waals surface area contributed by atoms with Gasteiger partial charge in [0.2, 0.25) is 0 Å². The number of urea groups is 1. The summed E-state index contributed by atoms with van der Waals surface area (Å²) in [6.07, 6.45) is 2.11. The number of hydrogen-bond acceptors (Lipinski definition) is 2. The number of aryl methyl sites for hydroxylation is 1. The predicted molar refractivity (Wildman–Crippen MR) is 81.7 cm³/mol. The summed E-state index contributed by atoms with van der Waals surface area (Å²) in [5, 5.41) is 12.0. The molecular formula is C16H22N2O3. The van der Waals surface area contributed by atoms with Gasteiger partial charge in [-0.1, -0.05) is 19.1 Å². The van der Waals surface area contributed by atoms with Crippen molar-refractivity contribution in [3.63, 3.8) is 0 Å². The molecule has 1 aromatic carbocycles. The average molecular weight is 290 g/mol. The number of carbonyl (C=O) groups excluding carboxylic acids is 1. The van der Waals surface area contributed by atoms with E-state index < -0.39 is 5.97 Å². The maximum atomic E-state index is 12.5. The normalized spacial score (nSPS) is 22.0. The van der Waals surface area contributed by atoms with Crippen molar-refractivity contribution in [1.29, 1.82) is 0 Å². The SMILES string of the molecule is Cc1cccc(C(=O)O)c1NC(=O)N1CCCC(C)C1C. The number of hydrogen-bond donors (Lipinski definition) is 2. The first kappa shape index (κ1) is 15.4. The van der Waals surface area contributed by atoms with E-state index in [0.717, 1.165) is 18.4 Å². The summed E-state index contributed by atoms with van der Waals surface area (Å²) < 4.78 is 0. The van der Waals surface area contributed by atoms with Crippen LogP contribution in [-0.2, 0) is 0 Å². The Labute approximate surface area is 125 Å². The molecule has 5 heteroatoms. The third kappa shape index (κ3) is 3.17. The first-order chi connectivity index (χ1) is 9.91. The Morgan fingerprint density at radius 1 is 1.33 bits per heavy atom. The Morgan fingerprint density at radius 2 is 2.05 bits per heavy atom. The molecule has 1 heterocycles. The van der Waals surface area contributed by atoms with Crippen LogP contribution in [-0.4, -0.2) is 34.6 Å². The molecule has 1 aliphatic heterocycles. The molecule has 5 nitrogen and oxygen atoms in total. The van der Waals surface area contributed by atoms with Gasteiger partial charge in [-0.3, -0.25) is 0 Å². The number of aromatic carboxylic acids is 1. The fraction of sp³-hybridized carbons (Fsp3) is 0.500. The molecule has 114 valence electrons. The van der Waals surface area contributed by atoms with E-state index in [2.05, 4.69) is 12.2 Å². The molecule has 21 heavy (non-hydrogen) atoms. The van der Waals surface area contributed by atoms with E-state index in [-0.39, 0.29) is 17.6 Å². The van der Waals surface area contributed by atoms with Crippen molar-refractivity contribution < 1.29 is 14.7 Å². The van der Waals surface area contributed by atoms with Crippen LogP contribution in [0.25, 0.3) is 0 Å². The number of benzene rings is 1. The molecule has 0 radical (unpaired) electrons. The Balaban J connectivity index is 2.22. The zero-order valence-corrected chi connectivity index (χ0v) is 12.7. The second-order valence-electron chi connectivity index (χ2n) is 5.79. The van der Waals surface area contributed by atoms with Crippen molar-refractivity contribution in [3.8, 4) is 0 Å². The van der Waals surface area contributed by atoms with Gasteiger partial charge in [0.25, 0.3) is 0 Å². The summed E-state index contributed by atoms with van der Waals surface area (Å²) in [5.41, 5.74) is 1.27. The number of para-hydroxylation sites is 1. The molecule has 1 fully saturated rings. The minimum atomic E-state index is -1.03. The van der Waals surface area contributed by atoms with Gasteiger partial charge in [0.05, 0.1) is 11.3 Å². The zero-order valence-electron chi connectivity index (χ0n) is 12.7. The van der Waals surface area contributed by atoms with E-state index in [1.807, 2.05) is 6.92 Å². The van der Waals surface area contributed by atoms with E-state index in [1.54, 1.807) is 24.0 Å². The molecular weight excluding hydrogens is 268 g/mol. The van der Waals surface area contributed by atoms with E-state index in [1.165, 1.54) is 6.07 Å². The number of anilines is 1. The smallest absolute Gasteiger partial charge is 0.337 e. The summed E-state index contributed by atoms with van der Waals surface area (Å²) in [4.78, 5) is 25.6. The van der Waals surface area contributed by atoms with Crippen LogP contribution in [0.15, 0.2) is 18.2 Å². The van der Waals surface area contributed by atoms with Crippen LogP contribution in [0, 0.1) is 12.8 Å². The van der Waals surface area contributed by atoms with Crippen molar-refractivity contribution in [2.24, 2.45) is 5.92 Å². The highest BCUT2D eigenvalue weighted by Gasteiger charge is 2.29. The molecule has 0 saturated carbocycles. The van der Waals surface area contributed by atoms with Crippen molar-refractivity contribution in [3.05, 3.63) is 29.3 Å². The van der Waals surface area contributed by atoms with Gasteiger partial charge in [-0.05, 0) is 44.2 Å². The number of nitrogens with zero attached hydrogens (tertiary/aromatic N) is 1. The topological polar surface area (TPSA) is 69.6 Å². The molecule has 1 aromatic rings. The predicted octanol–water partition coefficient (Wildman–Crippen LogP) is 3.35. The second-order valence-corrected chi connectivity index (χ2v) is 5.79. The van der Waals surface area contributed by atoms with E-state index in [0.29, 0.717) is 18.2 Å². The van der Waals surface area contributed by atoms with Crippen LogP contribution in [0.5, 0.6) is 0 Å². The quantitative estimate of drug-likeness (QED) is 0.877. The van der Waals surface area contributed by atoms with Crippen LogP contribution in [0.1, 0.15) is 42.6 Å². The van der Waals surface area contributed by atoms with Gasteiger partial charge < -0.3 is 15.3 Å². The second kappa shape index (κ2) is 6.16. The van der Waals surface area contributed by atoms with Gasteiger partial charge in [0.15, 0.2) is 0 Å². The van der Waals surface area contributed by atoms with Crippen LogP contribution < -0.4 is 5.32 Å². The molecule has 2 amide bonds. The lowest BCUT2D eigenvalue weighted by Gasteiger charge is -2.38. The lowest BCUT2D eigenvalue weighted by atomic mass is 9.92. The van der Waals surface area contributed by atoms with E-state index >= 15 is 0 Å². The molecule has 1 aliphatic rings. The molecule has 0 aromatic heterocycles. The number of piperidine rings is 1. The Bertz CT molecular complexity index is 556. The van der Waals surface area contributed by atoms with Crippen molar-refractivity contribution in [1.82, 2.24) is 4.90 Å². The highest BCUT2D eigenvalue weighted by Crippen LogP contribution is 2.25. The molecule has 0 spiro atoms. The van der Waals surface area contributed by atoms with Gasteiger partial charge in [-0.25, -0.2) is 9.59 Å². The maximum Gasteiger partial charge on any atom is 0.337 e. The standard InChI is InChI=1S/C16H22N2O3/c1-10-7-5-9-18(12(10)3)16(21)17-14-11(2)6-4-8-13(14)15(19)20/h4,6,8,10,12H,5,7,9H2,1-3H3,(H,17,21)(H,19,20). The summed E-state index contributed by atoms with van der Waals surface area (Å²) >= 11 is 0. The highest BCUT2D eigenvalue weighted by molar-refractivity contribution is 6.01. The molecule has 2 rings (SSSR count). The molecule has 2 N–H and O–H groups in total. The summed E-state index contributed by atoms with van der Waals surface area (Å²) in [7, 11) is 0. The minimum Gasteiger partial charge on any atom is -0.478 e. The molecule has 0 bridgehead atoms. The van der Waals surface area contributed by atoms with Crippen LogP contribution in [0.3, 0.4) is 0 Å². The lowest BCUT2D eigenvalue weighted by molar-refractivity contribution is 0.0698. The minimum absolute atomic E-state index is 0.126. The van der Waals surface area contributed by atoms with Crippen LogP contribution >= 0.6 is 0 Å². The third-order valence-corrected chi connectivity index (χ3v) is 4.37. The maximum absolute atomic E-state index is 12.5. The first-order valence-electron chi connectivity index (χ1n) is 7.32. The Hall–Kier alpha value is -2.04. The number of carboxylic acid groups (broad SMARTS) is 1. The van der Waals surface area contributed by atoms with Crippen molar-refractivity contribution in [2.75, 3.05) is 11.9 Å². The largest absolute Gasteiger partial charge is 0.478 e. The average Bonchev–Trinajstić information content (AvgIpc) is 2.43. The number of rotatable bonds is 2. The summed E-state index contributed by atoms with van der Waals surface area (Å²) in [6, 6.07) is 4.93. The van der Waals surface area contributed by atoms with E-state index in [9.17, 15) is 14.7 Å². The van der Waals surface area contributed by atoms with E-state index in [4.69, 9.17) is 0 Å². The molecule has 1 saturated heterocycles. The van der Waals surface area contributed by atoms with Gasteiger partial charge in [-0.15, -0.1) is 0 Å². The Kier molecular flexibility index (Phi) is 4.50. The number of carbonyl (C=O) groups is 2. The third-order valence-electron chi connectivity index (χ3n) is 4.37. The molecule has 0 aliphatic carbocycles. The molecule has 2 atom stereocenters. The summed E-state index contributed by atoms with van der Waals surface area (Å²) in [6.45, 7) is 6.69. The number of likely N-dealkylation sites (tertiary alicyclic amines) is 1. The fourth-order valence-electron chi connectivity index (χ4n) is 2.81. The van der Waals surface area contributed by atoms with Crippen molar-refractivity contribution >= 4 is 17.7 Å². The molecule has 2 unspecified atom stereocenters. The first-order valence-corrected chi connectivity index (χ1v) is 7.32. The number of nitrogens with one attached hydrogen (secondary N) is 1. The Morgan fingerprint density at radius 3 is 2.71 bits per heavy atom. The van der Waals surface area contributed by atoms with Gasteiger partial charge in [-0.2, -0.15) is 0 Å². The highest BCUT2D eigenvalue weighted by atomic mass is 16.4. The fourth-order valence-corrected chi connectivity index (χ4v) is 2.81. The van der Waals surface area contributed by atoms with Crippen LogP contribution in [0.4, 0.5) is 10.5 Å².